The Kier molecular flexibility index (Phi) is 5.98. The fraction of sp³-hybridized carbons (Fsp3) is 0.227. The minimum atomic E-state index is -0.292. The first-order valence-corrected chi connectivity index (χ1v) is 9.96. The van der Waals surface area contributed by atoms with Crippen LogP contribution < -0.4 is 10.2 Å². The highest BCUT2D eigenvalue weighted by atomic mass is 32.1. The third-order valence-corrected chi connectivity index (χ3v) is 5.69. The number of hydrogen-bond donors (Lipinski definition) is 1. The molecule has 2 aromatic carbocycles. The first kappa shape index (κ1) is 20.5. The molecule has 1 aromatic heterocycles. The van der Waals surface area contributed by atoms with Crippen molar-refractivity contribution in [3.8, 4) is 0 Å². The molecule has 0 fully saturated rings. The summed E-state index contributed by atoms with van der Waals surface area (Å²) in [6, 6.07) is 14.6. The quantitative estimate of drug-likeness (QED) is 0.701. The number of benzene rings is 2. The summed E-state index contributed by atoms with van der Waals surface area (Å²) in [7, 11) is 3.40. The summed E-state index contributed by atoms with van der Waals surface area (Å²) in [5, 5.41) is 2.84. The molecule has 0 spiro atoms. The number of rotatable bonds is 5. The predicted molar refractivity (Wildman–Crippen MR) is 116 cm³/mol. The van der Waals surface area contributed by atoms with E-state index in [0.717, 1.165) is 22.5 Å². The molecule has 0 unspecified atom stereocenters. The summed E-state index contributed by atoms with van der Waals surface area (Å²) in [5.74, 6) is -0.366. The molecule has 7 heteroatoms. The third kappa shape index (κ3) is 4.63. The average molecular weight is 410 g/mol. The lowest BCUT2D eigenvalue weighted by Crippen LogP contribution is -2.21. The molecule has 0 atom stereocenters. The number of thiazole rings is 1. The Morgan fingerprint density at radius 1 is 1.00 bits per heavy atom. The normalized spacial score (nSPS) is 10.6. The van der Waals surface area contributed by atoms with Gasteiger partial charge in [-0.2, -0.15) is 0 Å². The minimum Gasteiger partial charge on any atom is -0.345 e. The van der Waals surface area contributed by atoms with Crippen LogP contribution in [0.3, 0.4) is 0 Å². The van der Waals surface area contributed by atoms with E-state index in [-0.39, 0.29) is 16.7 Å². The van der Waals surface area contributed by atoms with Gasteiger partial charge in [-0.15, -0.1) is 0 Å². The molecule has 0 aliphatic heterocycles. The Labute approximate surface area is 173 Å². The molecule has 0 saturated carbocycles. The van der Waals surface area contributed by atoms with Crippen LogP contribution in [-0.4, -0.2) is 35.4 Å². The fourth-order valence-electron chi connectivity index (χ4n) is 2.89. The van der Waals surface area contributed by atoms with Crippen molar-refractivity contribution in [1.29, 1.82) is 0 Å². The molecule has 3 rings (SSSR count). The molecule has 0 radical (unpaired) electrons. The SMILES string of the molecule is Cc1ccc(NC(=O)c2sc(=O)n(Cc3ccc(C(=O)N(C)C)cc3)c2C)cc1. The molecule has 0 aliphatic carbocycles. The van der Waals surface area contributed by atoms with Gasteiger partial charge >= 0.3 is 4.87 Å². The highest BCUT2D eigenvalue weighted by Crippen LogP contribution is 2.17. The molecule has 2 amide bonds. The van der Waals surface area contributed by atoms with Gasteiger partial charge in [0, 0.05) is 31.0 Å². The number of nitrogens with zero attached hydrogens (tertiary/aromatic N) is 2. The van der Waals surface area contributed by atoms with E-state index in [1.807, 2.05) is 43.3 Å². The number of carbonyl (C=O) groups excluding carboxylic acids is 2. The minimum absolute atomic E-state index is 0.0736. The van der Waals surface area contributed by atoms with Gasteiger partial charge in [0.15, 0.2) is 0 Å². The highest BCUT2D eigenvalue weighted by molar-refractivity contribution is 7.11. The van der Waals surface area contributed by atoms with Gasteiger partial charge in [-0.1, -0.05) is 41.2 Å². The molecule has 1 heterocycles. The van der Waals surface area contributed by atoms with Gasteiger partial charge in [-0.25, -0.2) is 0 Å². The van der Waals surface area contributed by atoms with Crippen molar-refractivity contribution in [2.45, 2.75) is 20.4 Å². The van der Waals surface area contributed by atoms with E-state index in [4.69, 9.17) is 0 Å². The number of anilines is 1. The van der Waals surface area contributed by atoms with Crippen molar-refractivity contribution in [3.63, 3.8) is 0 Å². The topological polar surface area (TPSA) is 71.4 Å². The molecular formula is C22H23N3O3S. The third-order valence-electron chi connectivity index (χ3n) is 4.61. The number of nitrogens with one attached hydrogen (secondary N) is 1. The van der Waals surface area contributed by atoms with Gasteiger partial charge < -0.3 is 10.2 Å². The van der Waals surface area contributed by atoms with Gasteiger partial charge in [0.05, 0.1) is 6.54 Å². The fourth-order valence-corrected chi connectivity index (χ4v) is 3.78. The second kappa shape index (κ2) is 8.45. The molecule has 1 N–H and O–H groups in total. The van der Waals surface area contributed by atoms with E-state index in [0.29, 0.717) is 28.4 Å². The summed E-state index contributed by atoms with van der Waals surface area (Å²) in [5.41, 5.74) is 3.89. The summed E-state index contributed by atoms with van der Waals surface area (Å²) in [6.45, 7) is 4.09. The van der Waals surface area contributed by atoms with Crippen LogP contribution in [0, 0.1) is 13.8 Å². The number of amides is 2. The van der Waals surface area contributed by atoms with Crippen LogP contribution in [0.5, 0.6) is 0 Å². The van der Waals surface area contributed by atoms with Crippen molar-refractivity contribution in [2.75, 3.05) is 19.4 Å². The van der Waals surface area contributed by atoms with Crippen LogP contribution in [0.1, 0.15) is 36.9 Å². The Morgan fingerprint density at radius 2 is 1.62 bits per heavy atom. The molecule has 0 aliphatic rings. The first-order valence-electron chi connectivity index (χ1n) is 9.15. The van der Waals surface area contributed by atoms with Gasteiger partial charge in [0.2, 0.25) is 0 Å². The van der Waals surface area contributed by atoms with Gasteiger partial charge in [0.1, 0.15) is 4.88 Å². The van der Waals surface area contributed by atoms with E-state index in [1.165, 1.54) is 4.90 Å². The molecule has 29 heavy (non-hydrogen) atoms. The van der Waals surface area contributed by atoms with Crippen LogP contribution in [0.2, 0.25) is 0 Å². The zero-order valence-corrected chi connectivity index (χ0v) is 17.7. The maximum atomic E-state index is 12.6. The van der Waals surface area contributed by atoms with E-state index in [2.05, 4.69) is 5.32 Å². The zero-order valence-electron chi connectivity index (χ0n) is 16.9. The number of hydrogen-bond acceptors (Lipinski definition) is 4. The van der Waals surface area contributed by atoms with Crippen molar-refractivity contribution in [1.82, 2.24) is 9.47 Å². The number of carbonyl (C=O) groups is 2. The predicted octanol–water partition coefficient (Wildman–Crippen LogP) is 3.53. The van der Waals surface area contributed by atoms with Crippen molar-refractivity contribution in [2.24, 2.45) is 0 Å². The number of aromatic nitrogens is 1. The van der Waals surface area contributed by atoms with Gasteiger partial charge in [-0.3, -0.25) is 19.0 Å². The zero-order chi connectivity index (χ0) is 21.1. The van der Waals surface area contributed by atoms with Crippen molar-refractivity contribution >= 4 is 28.8 Å². The molecule has 3 aromatic rings. The monoisotopic (exact) mass is 409 g/mol. The maximum absolute atomic E-state index is 12.6. The lowest BCUT2D eigenvalue weighted by Gasteiger charge is -2.11. The van der Waals surface area contributed by atoms with Crippen molar-refractivity contribution in [3.05, 3.63) is 85.5 Å². The Hall–Kier alpha value is -3.19. The van der Waals surface area contributed by atoms with Crippen LogP contribution in [-0.2, 0) is 6.54 Å². The summed E-state index contributed by atoms with van der Waals surface area (Å²) < 4.78 is 1.58. The smallest absolute Gasteiger partial charge is 0.308 e. The molecule has 0 saturated heterocycles. The van der Waals surface area contributed by atoms with Crippen LogP contribution in [0.15, 0.2) is 53.3 Å². The van der Waals surface area contributed by atoms with E-state index >= 15 is 0 Å². The lowest BCUT2D eigenvalue weighted by molar-refractivity contribution is 0.0827. The van der Waals surface area contributed by atoms with E-state index < -0.39 is 0 Å². The summed E-state index contributed by atoms with van der Waals surface area (Å²) in [6.07, 6.45) is 0. The molecule has 150 valence electrons. The van der Waals surface area contributed by atoms with Crippen LogP contribution >= 0.6 is 11.3 Å². The van der Waals surface area contributed by atoms with Crippen molar-refractivity contribution < 1.29 is 9.59 Å². The standard InChI is InChI=1S/C22H23N3O3S/c1-14-5-11-18(12-6-14)23-20(26)19-15(2)25(22(28)29-19)13-16-7-9-17(10-8-16)21(27)24(3)4/h5-12H,13H2,1-4H3,(H,23,26). The van der Waals surface area contributed by atoms with Gasteiger partial charge in [0.25, 0.3) is 11.8 Å². The van der Waals surface area contributed by atoms with Crippen LogP contribution in [0.25, 0.3) is 0 Å². The summed E-state index contributed by atoms with van der Waals surface area (Å²) in [4.78, 5) is 38.8. The molecule has 0 bridgehead atoms. The average Bonchev–Trinajstić information content (AvgIpc) is 2.98. The van der Waals surface area contributed by atoms with E-state index in [1.54, 1.807) is 37.7 Å². The Morgan fingerprint density at radius 3 is 2.21 bits per heavy atom. The maximum Gasteiger partial charge on any atom is 0.308 e. The summed E-state index contributed by atoms with van der Waals surface area (Å²) >= 11 is 0.937. The Balaban J connectivity index is 1.78. The second-order valence-corrected chi connectivity index (χ2v) is 8.05. The molecular weight excluding hydrogens is 386 g/mol. The van der Waals surface area contributed by atoms with Gasteiger partial charge in [-0.05, 0) is 43.7 Å². The van der Waals surface area contributed by atoms with E-state index in [9.17, 15) is 14.4 Å². The first-order chi connectivity index (χ1) is 13.8. The highest BCUT2D eigenvalue weighted by Gasteiger charge is 2.18. The number of aryl methyl sites for hydroxylation is 1. The lowest BCUT2D eigenvalue weighted by atomic mass is 10.1. The largest absolute Gasteiger partial charge is 0.345 e. The Bertz CT molecular complexity index is 1090. The molecule has 6 nitrogen and oxygen atoms in total. The van der Waals surface area contributed by atoms with Crippen LogP contribution in [0.4, 0.5) is 5.69 Å². The second-order valence-electron chi connectivity index (χ2n) is 7.09.